The van der Waals surface area contributed by atoms with Gasteiger partial charge in [-0.25, -0.2) is 4.79 Å². The van der Waals surface area contributed by atoms with E-state index in [-0.39, 0.29) is 23.6 Å². The van der Waals surface area contributed by atoms with Crippen LogP contribution in [0.2, 0.25) is 0 Å². The minimum absolute atomic E-state index is 0.164. The van der Waals surface area contributed by atoms with Crippen molar-refractivity contribution in [1.29, 1.82) is 0 Å². The fourth-order valence-electron chi connectivity index (χ4n) is 3.50. The maximum atomic E-state index is 12.8. The largest absolute Gasteiger partial charge is 0.480 e. The highest BCUT2D eigenvalue weighted by molar-refractivity contribution is 8.26. The molecule has 0 radical (unpaired) electrons. The van der Waals surface area contributed by atoms with Crippen LogP contribution in [0, 0.1) is 0 Å². The highest BCUT2D eigenvalue weighted by atomic mass is 32.2. The van der Waals surface area contributed by atoms with E-state index in [0.717, 1.165) is 30.2 Å². The number of carboxylic acids is 1. The second-order valence-corrected chi connectivity index (χ2v) is 8.49. The number of likely N-dealkylation sites (tertiary alicyclic amines) is 1. The summed E-state index contributed by atoms with van der Waals surface area (Å²) in [5.74, 6) is -0.539. The maximum Gasteiger partial charge on any atom is 0.326 e. The molecule has 0 saturated carbocycles. The Kier molecular flexibility index (Phi) is 5.46. The van der Waals surface area contributed by atoms with Gasteiger partial charge in [0.25, 0.3) is 5.91 Å². The summed E-state index contributed by atoms with van der Waals surface area (Å²) in [7, 11) is 0. The van der Waals surface area contributed by atoms with E-state index in [9.17, 15) is 19.5 Å². The molecule has 2 saturated heterocycles. The zero-order valence-corrected chi connectivity index (χ0v) is 17.0. The third-order valence-electron chi connectivity index (χ3n) is 4.97. The monoisotopic (exact) mass is 434 g/mol. The number of benzene rings is 1. The zero-order chi connectivity index (χ0) is 20.5. The first-order chi connectivity index (χ1) is 13.9. The minimum Gasteiger partial charge on any atom is -0.480 e. The van der Waals surface area contributed by atoms with E-state index >= 15 is 0 Å². The number of fused-ring (bicyclic) bond motifs is 1. The number of ether oxygens (including phenoxy) is 2. The Hall–Kier alpha value is -2.59. The molecule has 0 aromatic heterocycles. The van der Waals surface area contributed by atoms with Crippen LogP contribution < -0.4 is 9.47 Å². The second kappa shape index (κ2) is 8.03. The van der Waals surface area contributed by atoms with Crippen molar-refractivity contribution in [3.05, 3.63) is 28.7 Å². The van der Waals surface area contributed by atoms with Crippen molar-refractivity contribution in [3.8, 4) is 11.5 Å². The van der Waals surface area contributed by atoms with Gasteiger partial charge in [-0.1, -0.05) is 30.0 Å². The van der Waals surface area contributed by atoms with E-state index in [1.165, 1.54) is 9.80 Å². The highest BCUT2D eigenvalue weighted by Crippen LogP contribution is 2.36. The van der Waals surface area contributed by atoms with E-state index in [4.69, 9.17) is 21.7 Å². The molecular weight excluding hydrogens is 416 g/mol. The molecule has 4 rings (SSSR count). The third kappa shape index (κ3) is 3.95. The SMILES string of the molecule is O=C(O)C1CCCCN1C(=O)CN1C(=O)/C(=C/c2ccc3c(c2)OCO3)SC1=S. The molecule has 3 aliphatic heterocycles. The summed E-state index contributed by atoms with van der Waals surface area (Å²) in [5, 5.41) is 9.36. The van der Waals surface area contributed by atoms with E-state index in [0.29, 0.717) is 29.4 Å². The van der Waals surface area contributed by atoms with Crippen molar-refractivity contribution in [2.45, 2.75) is 25.3 Å². The van der Waals surface area contributed by atoms with Crippen LogP contribution in [0.4, 0.5) is 0 Å². The molecule has 2 amide bonds. The number of amides is 2. The maximum absolute atomic E-state index is 12.8. The van der Waals surface area contributed by atoms with Crippen molar-refractivity contribution in [1.82, 2.24) is 9.80 Å². The van der Waals surface area contributed by atoms with Crippen LogP contribution in [0.5, 0.6) is 11.5 Å². The molecule has 1 atom stereocenters. The molecule has 1 aromatic rings. The number of carbonyl (C=O) groups is 3. The number of nitrogens with zero attached hydrogens (tertiary/aromatic N) is 2. The summed E-state index contributed by atoms with van der Waals surface area (Å²) in [6, 6.07) is 4.49. The Morgan fingerprint density at radius 2 is 2.07 bits per heavy atom. The molecule has 0 bridgehead atoms. The van der Waals surface area contributed by atoms with E-state index < -0.39 is 17.9 Å². The summed E-state index contributed by atoms with van der Waals surface area (Å²) < 4.78 is 10.9. The van der Waals surface area contributed by atoms with Crippen LogP contribution in [0.25, 0.3) is 6.08 Å². The van der Waals surface area contributed by atoms with Crippen LogP contribution in [0.15, 0.2) is 23.1 Å². The van der Waals surface area contributed by atoms with Crippen molar-refractivity contribution < 1.29 is 29.0 Å². The molecule has 0 aliphatic carbocycles. The predicted molar refractivity (Wildman–Crippen MR) is 109 cm³/mol. The van der Waals surface area contributed by atoms with Gasteiger partial charge in [-0.15, -0.1) is 0 Å². The van der Waals surface area contributed by atoms with Crippen molar-refractivity contribution >= 4 is 52.2 Å². The molecule has 1 N–H and O–H groups in total. The molecule has 1 unspecified atom stereocenters. The normalized spacial score (nSPS) is 22.5. The Morgan fingerprint density at radius 3 is 2.86 bits per heavy atom. The lowest BCUT2D eigenvalue weighted by atomic mass is 10.0. The topological polar surface area (TPSA) is 96.4 Å². The van der Waals surface area contributed by atoms with E-state index in [2.05, 4.69) is 0 Å². The van der Waals surface area contributed by atoms with Crippen LogP contribution >= 0.6 is 24.0 Å². The molecule has 2 fully saturated rings. The lowest BCUT2D eigenvalue weighted by Crippen LogP contribution is -2.51. The lowest BCUT2D eigenvalue weighted by molar-refractivity contribution is -0.152. The average Bonchev–Trinajstić information content (AvgIpc) is 3.27. The van der Waals surface area contributed by atoms with Crippen LogP contribution in [-0.4, -0.2) is 62.9 Å². The number of thioether (sulfide) groups is 1. The first kappa shape index (κ1) is 19.7. The van der Waals surface area contributed by atoms with Gasteiger partial charge < -0.3 is 19.5 Å². The number of hydrogen-bond acceptors (Lipinski definition) is 7. The molecule has 3 heterocycles. The van der Waals surface area contributed by atoms with Crippen LogP contribution in [-0.2, 0) is 14.4 Å². The zero-order valence-electron chi connectivity index (χ0n) is 15.3. The van der Waals surface area contributed by atoms with Gasteiger partial charge in [-0.05, 0) is 43.0 Å². The van der Waals surface area contributed by atoms with Gasteiger partial charge in [0.2, 0.25) is 12.7 Å². The van der Waals surface area contributed by atoms with Gasteiger partial charge in [0.05, 0.1) is 4.91 Å². The molecule has 10 heteroatoms. The molecule has 8 nitrogen and oxygen atoms in total. The van der Waals surface area contributed by atoms with Crippen LogP contribution in [0.3, 0.4) is 0 Å². The first-order valence-electron chi connectivity index (χ1n) is 9.11. The van der Waals surface area contributed by atoms with Gasteiger partial charge in [0, 0.05) is 6.54 Å². The Labute approximate surface area is 176 Å². The highest BCUT2D eigenvalue weighted by Gasteiger charge is 2.37. The number of carbonyl (C=O) groups excluding carboxylic acids is 2. The van der Waals surface area contributed by atoms with E-state index in [1.807, 2.05) is 0 Å². The van der Waals surface area contributed by atoms with Gasteiger partial charge in [-0.2, -0.15) is 0 Å². The number of rotatable bonds is 4. The molecular formula is C19H18N2O6S2. The average molecular weight is 434 g/mol. The molecule has 29 heavy (non-hydrogen) atoms. The van der Waals surface area contributed by atoms with Gasteiger partial charge >= 0.3 is 5.97 Å². The summed E-state index contributed by atoms with van der Waals surface area (Å²) in [4.78, 5) is 39.9. The first-order valence-corrected chi connectivity index (χ1v) is 10.3. The molecule has 3 aliphatic rings. The summed E-state index contributed by atoms with van der Waals surface area (Å²) in [6.07, 6.45) is 3.62. The van der Waals surface area contributed by atoms with Gasteiger partial charge in [0.1, 0.15) is 16.9 Å². The lowest BCUT2D eigenvalue weighted by Gasteiger charge is -2.33. The standard InChI is InChI=1S/C19H18N2O6S2/c22-16(20-6-2-1-3-12(20)18(24)25)9-21-17(23)15(29-19(21)28)8-11-4-5-13-14(7-11)27-10-26-13/h4-5,7-8,12H,1-3,6,9-10H2,(H,24,25)/b15-8-. The van der Waals surface area contributed by atoms with E-state index in [1.54, 1.807) is 24.3 Å². The number of hydrogen-bond donors (Lipinski definition) is 1. The minimum atomic E-state index is -1.02. The van der Waals surface area contributed by atoms with Crippen molar-refractivity contribution in [2.24, 2.45) is 0 Å². The third-order valence-corrected chi connectivity index (χ3v) is 6.35. The Morgan fingerprint density at radius 1 is 1.28 bits per heavy atom. The fourth-order valence-corrected chi connectivity index (χ4v) is 4.76. The van der Waals surface area contributed by atoms with Gasteiger partial charge in [0.15, 0.2) is 11.5 Å². The smallest absolute Gasteiger partial charge is 0.326 e. The summed E-state index contributed by atoms with van der Waals surface area (Å²) >= 11 is 6.40. The predicted octanol–water partition coefficient (Wildman–Crippen LogP) is 2.08. The van der Waals surface area contributed by atoms with Crippen LogP contribution in [0.1, 0.15) is 24.8 Å². The second-order valence-electron chi connectivity index (χ2n) is 6.82. The molecule has 1 aromatic carbocycles. The van der Waals surface area contributed by atoms with Gasteiger partial charge in [-0.3, -0.25) is 14.5 Å². The summed E-state index contributed by atoms with van der Waals surface area (Å²) in [6.45, 7) is 0.279. The Balaban J connectivity index is 1.48. The summed E-state index contributed by atoms with van der Waals surface area (Å²) in [5.41, 5.74) is 0.753. The number of thiocarbonyl (C=S) groups is 1. The van der Waals surface area contributed by atoms with Crippen molar-refractivity contribution in [2.75, 3.05) is 19.9 Å². The quantitative estimate of drug-likeness (QED) is 0.568. The molecule has 0 spiro atoms. The fraction of sp³-hybridized carbons (Fsp3) is 0.368. The number of aliphatic carboxylic acids is 1. The number of carboxylic acid groups (broad SMARTS) is 1. The number of piperidine rings is 1. The Bertz CT molecular complexity index is 931. The van der Waals surface area contributed by atoms with Crippen molar-refractivity contribution in [3.63, 3.8) is 0 Å². The molecule has 152 valence electrons.